The van der Waals surface area contributed by atoms with Gasteiger partial charge in [-0.25, -0.2) is 9.18 Å². The number of hydrogen-bond donors (Lipinski definition) is 2. The molecule has 32 heavy (non-hydrogen) atoms. The number of esters is 1. The zero-order valence-corrected chi connectivity index (χ0v) is 17.0. The van der Waals surface area contributed by atoms with E-state index >= 15 is 0 Å². The molecule has 0 spiro atoms. The standard InChI is InChI=1S/C24H19FN2O5/c1-32-22(29)17-9-2-4-11-19(17)26-21(28)14-27-20-12-5-3-10-18(20)24(31,23(27)30)15-7-6-8-16(25)13-15/h2-13,31H,14H2,1H3,(H,26,28)/t24-/m0/s1. The fourth-order valence-electron chi connectivity index (χ4n) is 3.80. The molecule has 8 heteroatoms. The molecule has 3 aromatic rings. The van der Waals surface area contributed by atoms with Crippen LogP contribution in [0.4, 0.5) is 15.8 Å². The summed E-state index contributed by atoms with van der Waals surface area (Å²) in [6.45, 7) is -0.428. The number of rotatable bonds is 5. The largest absolute Gasteiger partial charge is 0.465 e. The quantitative estimate of drug-likeness (QED) is 0.602. The van der Waals surface area contributed by atoms with Gasteiger partial charge in [0.2, 0.25) is 5.91 Å². The van der Waals surface area contributed by atoms with Crippen LogP contribution < -0.4 is 10.2 Å². The Balaban J connectivity index is 1.65. The summed E-state index contributed by atoms with van der Waals surface area (Å²) < 4.78 is 18.6. The van der Waals surface area contributed by atoms with E-state index in [1.807, 2.05) is 0 Å². The average Bonchev–Trinajstić information content (AvgIpc) is 3.02. The Kier molecular flexibility index (Phi) is 5.46. The van der Waals surface area contributed by atoms with Crippen molar-refractivity contribution in [2.75, 3.05) is 23.9 Å². The lowest BCUT2D eigenvalue weighted by molar-refractivity contribution is -0.133. The van der Waals surface area contributed by atoms with Crippen LogP contribution in [0.2, 0.25) is 0 Å². The number of para-hydroxylation sites is 2. The number of halogens is 1. The fraction of sp³-hybridized carbons (Fsp3) is 0.125. The lowest BCUT2D eigenvalue weighted by atomic mass is 9.87. The molecule has 0 unspecified atom stereocenters. The van der Waals surface area contributed by atoms with Crippen molar-refractivity contribution in [2.45, 2.75) is 5.60 Å². The van der Waals surface area contributed by atoms with Crippen LogP contribution >= 0.6 is 0 Å². The van der Waals surface area contributed by atoms with Gasteiger partial charge in [-0.3, -0.25) is 14.5 Å². The predicted molar refractivity (Wildman–Crippen MR) is 115 cm³/mol. The number of amides is 2. The molecule has 0 fully saturated rings. The van der Waals surface area contributed by atoms with E-state index in [0.717, 1.165) is 11.0 Å². The van der Waals surface area contributed by atoms with Crippen LogP contribution in [-0.4, -0.2) is 36.5 Å². The highest BCUT2D eigenvalue weighted by molar-refractivity contribution is 6.13. The van der Waals surface area contributed by atoms with Gasteiger partial charge in [0.25, 0.3) is 5.91 Å². The maximum atomic E-state index is 13.8. The summed E-state index contributed by atoms with van der Waals surface area (Å²) in [5.41, 5.74) is -1.10. The smallest absolute Gasteiger partial charge is 0.339 e. The second-order valence-corrected chi connectivity index (χ2v) is 7.21. The van der Waals surface area contributed by atoms with Crippen LogP contribution in [0.1, 0.15) is 21.5 Å². The summed E-state index contributed by atoms with van der Waals surface area (Å²) in [5, 5.41) is 14.0. The van der Waals surface area contributed by atoms with Gasteiger partial charge in [-0.15, -0.1) is 0 Å². The molecule has 0 aromatic heterocycles. The molecule has 7 nitrogen and oxygen atoms in total. The minimum Gasteiger partial charge on any atom is -0.465 e. The monoisotopic (exact) mass is 434 g/mol. The third-order valence-corrected chi connectivity index (χ3v) is 5.29. The Morgan fingerprint density at radius 3 is 2.53 bits per heavy atom. The molecule has 0 saturated heterocycles. The van der Waals surface area contributed by atoms with Gasteiger partial charge < -0.3 is 15.2 Å². The third kappa shape index (κ3) is 3.50. The number of carbonyl (C=O) groups is 3. The number of nitrogens with zero attached hydrogens (tertiary/aromatic N) is 1. The van der Waals surface area contributed by atoms with Crippen LogP contribution in [0.15, 0.2) is 72.8 Å². The molecular formula is C24H19FN2O5. The maximum absolute atomic E-state index is 13.8. The van der Waals surface area contributed by atoms with Crippen LogP contribution in [-0.2, 0) is 19.9 Å². The van der Waals surface area contributed by atoms with Crippen molar-refractivity contribution in [2.24, 2.45) is 0 Å². The molecule has 1 aliphatic heterocycles. The Bertz CT molecular complexity index is 1230. The Labute approximate surface area is 183 Å². The molecule has 0 aliphatic carbocycles. The van der Waals surface area contributed by atoms with Gasteiger partial charge in [0.05, 0.1) is 24.0 Å². The number of aliphatic hydroxyl groups is 1. The van der Waals surface area contributed by atoms with Crippen molar-refractivity contribution < 1.29 is 28.6 Å². The maximum Gasteiger partial charge on any atom is 0.339 e. The number of hydrogen-bond acceptors (Lipinski definition) is 5. The average molecular weight is 434 g/mol. The summed E-state index contributed by atoms with van der Waals surface area (Å²) in [4.78, 5) is 39.2. The van der Waals surface area contributed by atoms with E-state index < -0.39 is 35.7 Å². The third-order valence-electron chi connectivity index (χ3n) is 5.29. The zero-order chi connectivity index (χ0) is 22.9. The van der Waals surface area contributed by atoms with Gasteiger partial charge in [0.1, 0.15) is 12.4 Å². The van der Waals surface area contributed by atoms with Gasteiger partial charge in [-0.2, -0.15) is 0 Å². The first-order chi connectivity index (χ1) is 15.4. The second-order valence-electron chi connectivity index (χ2n) is 7.21. The molecule has 1 atom stereocenters. The van der Waals surface area contributed by atoms with E-state index in [1.54, 1.807) is 36.4 Å². The van der Waals surface area contributed by atoms with Crippen molar-refractivity contribution in [3.8, 4) is 0 Å². The highest BCUT2D eigenvalue weighted by Gasteiger charge is 2.51. The Morgan fingerprint density at radius 1 is 1.06 bits per heavy atom. The number of carbonyl (C=O) groups excluding carboxylic acids is 3. The van der Waals surface area contributed by atoms with Gasteiger partial charge in [0, 0.05) is 11.1 Å². The molecule has 0 saturated carbocycles. The van der Waals surface area contributed by atoms with Crippen molar-refractivity contribution in [1.82, 2.24) is 0 Å². The molecule has 0 bridgehead atoms. The number of fused-ring (bicyclic) bond motifs is 1. The highest BCUT2D eigenvalue weighted by atomic mass is 19.1. The van der Waals surface area contributed by atoms with Crippen molar-refractivity contribution in [3.05, 3.63) is 95.3 Å². The van der Waals surface area contributed by atoms with Crippen LogP contribution in [0.3, 0.4) is 0 Å². The molecule has 1 heterocycles. The molecule has 3 aromatic carbocycles. The number of anilines is 2. The fourth-order valence-corrected chi connectivity index (χ4v) is 3.80. The summed E-state index contributed by atoms with van der Waals surface area (Å²) in [7, 11) is 1.23. The molecule has 162 valence electrons. The van der Waals surface area contributed by atoms with Crippen LogP contribution in [0, 0.1) is 5.82 Å². The predicted octanol–water partition coefficient (Wildman–Crippen LogP) is 2.83. The summed E-state index contributed by atoms with van der Waals surface area (Å²) in [6, 6.07) is 17.9. The minimum absolute atomic E-state index is 0.0638. The van der Waals surface area contributed by atoms with E-state index in [9.17, 15) is 23.9 Å². The van der Waals surface area contributed by atoms with Crippen molar-refractivity contribution in [3.63, 3.8) is 0 Å². The summed E-state index contributed by atoms with van der Waals surface area (Å²) in [5.74, 6) is -2.59. The van der Waals surface area contributed by atoms with Crippen molar-refractivity contribution in [1.29, 1.82) is 0 Å². The zero-order valence-electron chi connectivity index (χ0n) is 17.0. The first kappa shape index (κ1) is 21.2. The molecule has 1 aliphatic rings. The van der Waals surface area contributed by atoms with E-state index in [0.29, 0.717) is 5.69 Å². The topological polar surface area (TPSA) is 95.9 Å². The lowest BCUT2D eigenvalue weighted by Crippen LogP contribution is -2.44. The van der Waals surface area contributed by atoms with Crippen LogP contribution in [0.5, 0.6) is 0 Å². The number of nitrogens with one attached hydrogen (secondary N) is 1. The first-order valence-electron chi connectivity index (χ1n) is 9.73. The summed E-state index contributed by atoms with van der Waals surface area (Å²) >= 11 is 0. The Morgan fingerprint density at radius 2 is 1.78 bits per heavy atom. The minimum atomic E-state index is -2.14. The normalized spacial score (nSPS) is 17.1. The molecule has 4 rings (SSSR count). The highest BCUT2D eigenvalue weighted by Crippen LogP contribution is 2.44. The van der Waals surface area contributed by atoms with Gasteiger partial charge >= 0.3 is 5.97 Å². The Hall–Kier alpha value is -4.04. The lowest BCUT2D eigenvalue weighted by Gasteiger charge is -2.23. The van der Waals surface area contributed by atoms with Gasteiger partial charge in [-0.1, -0.05) is 42.5 Å². The van der Waals surface area contributed by atoms with Gasteiger partial charge in [0.15, 0.2) is 5.60 Å². The molecule has 2 N–H and O–H groups in total. The number of methoxy groups -OCH3 is 1. The van der Waals surface area contributed by atoms with E-state index in [1.165, 1.54) is 37.4 Å². The van der Waals surface area contributed by atoms with E-state index in [4.69, 9.17) is 4.74 Å². The van der Waals surface area contributed by atoms with E-state index in [2.05, 4.69) is 5.32 Å². The number of benzene rings is 3. The van der Waals surface area contributed by atoms with E-state index in [-0.39, 0.29) is 22.4 Å². The SMILES string of the molecule is COC(=O)c1ccccc1NC(=O)CN1C(=O)[C@](O)(c2cccc(F)c2)c2ccccc21. The van der Waals surface area contributed by atoms with Crippen molar-refractivity contribution >= 4 is 29.2 Å². The second kappa shape index (κ2) is 8.24. The number of ether oxygens (including phenoxy) is 1. The van der Waals surface area contributed by atoms with Crippen LogP contribution in [0.25, 0.3) is 0 Å². The summed E-state index contributed by atoms with van der Waals surface area (Å²) in [6.07, 6.45) is 0. The molecule has 0 radical (unpaired) electrons. The first-order valence-corrected chi connectivity index (χ1v) is 9.73. The molecular weight excluding hydrogens is 415 g/mol. The molecule has 2 amide bonds. The van der Waals surface area contributed by atoms with Gasteiger partial charge in [-0.05, 0) is 30.3 Å².